The standard InChI is InChI=1S/C23H20ClF3N4O2/c1-12-8-28-10-17(14(12)3)20(32)6-15-9-29-31-13(2)11-30(22(33)21(15)31)16-4-5-18(19(24)7-16)23(25,26)27/h4-5,7-10,13H,6,11H2,1-3H3/t13-/m0/s1. The summed E-state index contributed by atoms with van der Waals surface area (Å²) >= 11 is 5.87. The summed E-state index contributed by atoms with van der Waals surface area (Å²) in [5, 5.41) is 3.80. The molecule has 0 saturated heterocycles. The minimum atomic E-state index is -4.59. The first-order valence-corrected chi connectivity index (χ1v) is 10.6. The fraction of sp³-hybridized carbons (Fsp3) is 0.304. The maximum absolute atomic E-state index is 13.4. The Balaban J connectivity index is 1.67. The maximum Gasteiger partial charge on any atom is 0.417 e. The maximum atomic E-state index is 13.4. The van der Waals surface area contributed by atoms with Crippen molar-refractivity contribution < 1.29 is 22.8 Å². The smallest absolute Gasteiger partial charge is 0.305 e. The van der Waals surface area contributed by atoms with Crippen LogP contribution in [0.4, 0.5) is 18.9 Å². The van der Waals surface area contributed by atoms with Crippen LogP contribution in [0, 0.1) is 13.8 Å². The molecule has 4 rings (SSSR count). The van der Waals surface area contributed by atoms with E-state index < -0.39 is 22.7 Å². The Bertz CT molecular complexity index is 1270. The zero-order valence-electron chi connectivity index (χ0n) is 18.1. The monoisotopic (exact) mass is 476 g/mol. The minimum Gasteiger partial charge on any atom is -0.305 e. The molecule has 1 aromatic carbocycles. The number of alkyl halides is 3. The number of Topliss-reactive ketones (excluding diaryl/α,β-unsaturated/α-hetero) is 1. The molecule has 0 unspecified atom stereocenters. The summed E-state index contributed by atoms with van der Waals surface area (Å²) in [7, 11) is 0. The van der Waals surface area contributed by atoms with Crippen molar-refractivity contribution in [3.05, 3.63) is 75.3 Å². The van der Waals surface area contributed by atoms with Crippen molar-refractivity contribution >= 4 is 29.0 Å². The van der Waals surface area contributed by atoms with Crippen LogP contribution in [0.15, 0.2) is 36.8 Å². The van der Waals surface area contributed by atoms with Crippen LogP contribution >= 0.6 is 11.6 Å². The van der Waals surface area contributed by atoms with Gasteiger partial charge < -0.3 is 4.90 Å². The predicted octanol–water partition coefficient (Wildman–Crippen LogP) is 5.21. The Morgan fingerprint density at radius 3 is 2.61 bits per heavy atom. The first kappa shape index (κ1) is 23.0. The Morgan fingerprint density at radius 1 is 1.21 bits per heavy atom. The van der Waals surface area contributed by atoms with Crippen molar-refractivity contribution in [3.63, 3.8) is 0 Å². The molecular formula is C23H20ClF3N4O2. The van der Waals surface area contributed by atoms with Gasteiger partial charge in [-0.15, -0.1) is 0 Å². The predicted molar refractivity (Wildman–Crippen MR) is 117 cm³/mol. The lowest BCUT2D eigenvalue weighted by Gasteiger charge is -2.32. The van der Waals surface area contributed by atoms with Gasteiger partial charge in [-0.3, -0.25) is 19.3 Å². The van der Waals surface area contributed by atoms with Crippen LogP contribution in [0.25, 0.3) is 0 Å². The van der Waals surface area contributed by atoms with Crippen molar-refractivity contribution in [2.45, 2.75) is 39.4 Å². The molecule has 0 spiro atoms. The van der Waals surface area contributed by atoms with E-state index in [2.05, 4.69) is 10.1 Å². The molecule has 3 aromatic rings. The van der Waals surface area contributed by atoms with Gasteiger partial charge in [-0.1, -0.05) is 11.6 Å². The van der Waals surface area contributed by atoms with Gasteiger partial charge in [-0.2, -0.15) is 18.3 Å². The lowest BCUT2D eigenvalue weighted by Crippen LogP contribution is -2.43. The van der Waals surface area contributed by atoms with Gasteiger partial charge in [0.15, 0.2) is 5.78 Å². The Labute approximate surface area is 193 Å². The Kier molecular flexibility index (Phi) is 5.78. The number of nitrogens with zero attached hydrogens (tertiary/aromatic N) is 4. The third-order valence-electron chi connectivity index (χ3n) is 5.87. The van der Waals surface area contributed by atoms with Crippen molar-refractivity contribution in [3.8, 4) is 0 Å². The number of hydrogen-bond acceptors (Lipinski definition) is 4. The van der Waals surface area contributed by atoms with Gasteiger partial charge in [-0.25, -0.2) is 0 Å². The molecule has 1 amide bonds. The molecule has 0 aliphatic carbocycles. The van der Waals surface area contributed by atoms with Crippen molar-refractivity contribution in [2.75, 3.05) is 11.4 Å². The topological polar surface area (TPSA) is 68.1 Å². The first-order chi connectivity index (χ1) is 15.5. The van der Waals surface area contributed by atoms with Crippen LogP contribution in [-0.2, 0) is 12.6 Å². The molecule has 1 aliphatic heterocycles. The normalized spacial score (nSPS) is 16.2. The van der Waals surface area contributed by atoms with Gasteiger partial charge in [-0.05, 0) is 50.1 Å². The van der Waals surface area contributed by atoms with Crippen molar-refractivity contribution in [1.82, 2.24) is 14.8 Å². The second kappa shape index (κ2) is 8.30. The van der Waals surface area contributed by atoms with Crippen molar-refractivity contribution in [2.24, 2.45) is 0 Å². The molecule has 0 saturated carbocycles. The van der Waals surface area contributed by atoms with Gasteiger partial charge in [0.2, 0.25) is 0 Å². The Morgan fingerprint density at radius 2 is 1.94 bits per heavy atom. The van der Waals surface area contributed by atoms with Gasteiger partial charge in [0, 0.05) is 42.2 Å². The highest BCUT2D eigenvalue weighted by Crippen LogP contribution is 2.38. The number of aryl methyl sites for hydroxylation is 1. The number of halogens is 4. The van der Waals surface area contributed by atoms with Gasteiger partial charge >= 0.3 is 6.18 Å². The van der Waals surface area contributed by atoms with E-state index in [0.717, 1.165) is 23.3 Å². The van der Waals surface area contributed by atoms with Crippen LogP contribution < -0.4 is 4.90 Å². The second-order valence-corrected chi connectivity index (χ2v) is 8.53. The van der Waals surface area contributed by atoms with Gasteiger partial charge in [0.1, 0.15) is 5.69 Å². The number of fused-ring (bicyclic) bond motifs is 1. The molecule has 0 N–H and O–H groups in total. The van der Waals surface area contributed by atoms with E-state index >= 15 is 0 Å². The Hall–Kier alpha value is -3.20. The zero-order valence-corrected chi connectivity index (χ0v) is 18.8. The summed E-state index contributed by atoms with van der Waals surface area (Å²) in [6.45, 7) is 5.73. The quantitative estimate of drug-likeness (QED) is 0.484. The van der Waals surface area contributed by atoms with Crippen LogP contribution in [0.3, 0.4) is 0 Å². The summed E-state index contributed by atoms with van der Waals surface area (Å²) in [5.74, 6) is -0.655. The molecule has 1 atom stereocenters. The highest BCUT2D eigenvalue weighted by molar-refractivity contribution is 6.31. The molecule has 0 radical (unpaired) electrons. The molecule has 33 heavy (non-hydrogen) atoms. The average molecular weight is 477 g/mol. The SMILES string of the molecule is Cc1cncc(C(=O)Cc2cnn3c2C(=O)N(c2ccc(C(F)(F)F)c(Cl)c2)C[C@@H]3C)c1C. The zero-order chi connectivity index (χ0) is 24.1. The lowest BCUT2D eigenvalue weighted by molar-refractivity contribution is -0.137. The lowest BCUT2D eigenvalue weighted by atomic mass is 9.98. The number of ketones is 1. The first-order valence-electron chi connectivity index (χ1n) is 10.2. The summed E-state index contributed by atoms with van der Waals surface area (Å²) < 4.78 is 40.8. The number of rotatable bonds is 4. The molecule has 172 valence electrons. The highest BCUT2D eigenvalue weighted by atomic mass is 35.5. The van der Waals surface area contributed by atoms with Crippen LogP contribution in [0.2, 0.25) is 5.02 Å². The van der Waals surface area contributed by atoms with Gasteiger partial charge in [0.05, 0.1) is 22.8 Å². The number of benzene rings is 1. The number of aromatic nitrogens is 3. The summed E-state index contributed by atoms with van der Waals surface area (Å²) in [6.07, 6.45) is 0.0162. The molecule has 0 fully saturated rings. The number of amides is 1. The van der Waals surface area contributed by atoms with E-state index in [1.165, 1.54) is 23.4 Å². The average Bonchev–Trinajstić information content (AvgIpc) is 3.16. The molecule has 6 nitrogen and oxygen atoms in total. The van der Waals surface area contributed by atoms with Crippen LogP contribution in [0.1, 0.15) is 56.1 Å². The molecule has 1 aliphatic rings. The van der Waals surface area contributed by atoms with Crippen LogP contribution in [0.5, 0.6) is 0 Å². The molecule has 10 heteroatoms. The second-order valence-electron chi connectivity index (χ2n) is 8.12. The van der Waals surface area contributed by atoms with Crippen molar-refractivity contribution in [1.29, 1.82) is 0 Å². The fourth-order valence-corrected chi connectivity index (χ4v) is 4.23. The van der Waals surface area contributed by atoms with E-state index in [-0.39, 0.29) is 36.2 Å². The van der Waals surface area contributed by atoms with E-state index in [1.807, 2.05) is 20.8 Å². The molecule has 3 heterocycles. The van der Waals surface area contributed by atoms with E-state index in [1.54, 1.807) is 10.9 Å². The van der Waals surface area contributed by atoms with Crippen LogP contribution in [-0.4, -0.2) is 33.0 Å². The number of anilines is 1. The number of pyridine rings is 1. The molecular weight excluding hydrogens is 457 g/mol. The third kappa shape index (κ3) is 4.13. The largest absolute Gasteiger partial charge is 0.417 e. The number of carbonyl (C=O) groups excluding carboxylic acids is 2. The third-order valence-corrected chi connectivity index (χ3v) is 6.18. The number of carbonyl (C=O) groups is 2. The summed E-state index contributed by atoms with van der Waals surface area (Å²) in [5.41, 5.74) is 2.12. The summed E-state index contributed by atoms with van der Waals surface area (Å²) in [6, 6.07) is 2.95. The summed E-state index contributed by atoms with van der Waals surface area (Å²) in [4.78, 5) is 31.8. The highest BCUT2D eigenvalue weighted by Gasteiger charge is 2.36. The minimum absolute atomic E-state index is 0.0542. The van der Waals surface area contributed by atoms with E-state index in [4.69, 9.17) is 11.6 Å². The number of hydrogen-bond donors (Lipinski definition) is 0. The molecule has 0 bridgehead atoms. The van der Waals surface area contributed by atoms with E-state index in [9.17, 15) is 22.8 Å². The molecule has 2 aromatic heterocycles. The fourth-order valence-electron chi connectivity index (χ4n) is 3.95. The van der Waals surface area contributed by atoms with Gasteiger partial charge in [0.25, 0.3) is 5.91 Å². The van der Waals surface area contributed by atoms with E-state index in [0.29, 0.717) is 11.1 Å².